The summed E-state index contributed by atoms with van der Waals surface area (Å²) < 4.78 is 36.9. The summed E-state index contributed by atoms with van der Waals surface area (Å²) in [5.41, 5.74) is -0.00655. The van der Waals surface area contributed by atoms with Crippen LogP contribution in [0.3, 0.4) is 0 Å². The second-order valence-corrected chi connectivity index (χ2v) is 5.01. The predicted octanol–water partition coefficient (Wildman–Crippen LogP) is 0.205. The Morgan fingerprint density at radius 1 is 1.31 bits per heavy atom. The van der Waals surface area contributed by atoms with E-state index in [-0.39, 0.29) is 5.69 Å². The van der Waals surface area contributed by atoms with E-state index in [9.17, 15) is 12.8 Å². The fourth-order valence-electron chi connectivity index (χ4n) is 1.18. The van der Waals surface area contributed by atoms with E-state index >= 15 is 0 Å². The van der Waals surface area contributed by atoms with Crippen molar-refractivity contribution in [3.63, 3.8) is 0 Å². The summed E-state index contributed by atoms with van der Waals surface area (Å²) >= 11 is 0. The zero-order valence-corrected chi connectivity index (χ0v) is 9.02. The number of halogens is 1. The average molecular weight is 242 g/mol. The molecule has 6 nitrogen and oxygen atoms in total. The molecule has 8 heteroatoms. The lowest BCUT2D eigenvalue weighted by atomic mass is 10.3. The lowest BCUT2D eigenvalue weighted by molar-refractivity contribution is 0.574. The minimum Gasteiger partial charge on any atom is -0.221 e. The van der Waals surface area contributed by atoms with Crippen molar-refractivity contribution in [2.24, 2.45) is 0 Å². The van der Waals surface area contributed by atoms with Gasteiger partial charge < -0.3 is 0 Å². The highest BCUT2D eigenvalue weighted by atomic mass is 32.2. The molecule has 16 heavy (non-hydrogen) atoms. The van der Waals surface area contributed by atoms with Crippen LogP contribution in [0.2, 0.25) is 0 Å². The van der Waals surface area contributed by atoms with Crippen molar-refractivity contribution in [2.45, 2.75) is 5.16 Å². The number of hydrogen-bond acceptors (Lipinski definition) is 5. The number of para-hydroxylation sites is 1. The number of rotatable bonds is 2. The van der Waals surface area contributed by atoms with Gasteiger partial charge in [-0.2, -0.15) is 4.68 Å². The van der Waals surface area contributed by atoms with Gasteiger partial charge in [-0.25, -0.2) is 12.8 Å². The molecule has 2 rings (SSSR count). The van der Waals surface area contributed by atoms with Crippen molar-refractivity contribution >= 4 is 9.84 Å². The molecule has 1 aromatic heterocycles. The summed E-state index contributed by atoms with van der Waals surface area (Å²) in [6.07, 6.45) is 0.954. The van der Waals surface area contributed by atoms with Crippen LogP contribution in [0.4, 0.5) is 4.39 Å². The van der Waals surface area contributed by atoms with E-state index in [2.05, 4.69) is 15.5 Å². The first-order chi connectivity index (χ1) is 7.50. The van der Waals surface area contributed by atoms with Gasteiger partial charge in [-0.3, -0.25) is 0 Å². The number of tetrazole rings is 1. The van der Waals surface area contributed by atoms with Gasteiger partial charge >= 0.3 is 0 Å². The number of benzene rings is 1. The van der Waals surface area contributed by atoms with Crippen molar-refractivity contribution in [3.8, 4) is 5.69 Å². The maximum Gasteiger partial charge on any atom is 0.272 e. The van der Waals surface area contributed by atoms with E-state index in [1.165, 1.54) is 18.2 Å². The summed E-state index contributed by atoms with van der Waals surface area (Å²) in [6.45, 7) is 0. The van der Waals surface area contributed by atoms with Crippen LogP contribution in [-0.2, 0) is 9.84 Å². The van der Waals surface area contributed by atoms with Crippen LogP contribution in [0, 0.1) is 5.82 Å². The fourth-order valence-corrected chi connectivity index (χ4v) is 1.82. The zero-order valence-electron chi connectivity index (χ0n) is 8.20. The van der Waals surface area contributed by atoms with Crippen LogP contribution >= 0.6 is 0 Å². The topological polar surface area (TPSA) is 77.7 Å². The van der Waals surface area contributed by atoms with Crippen molar-refractivity contribution in [2.75, 3.05) is 6.26 Å². The SMILES string of the molecule is CS(=O)(=O)c1nnnn1-c1ccccc1F. The van der Waals surface area contributed by atoms with Gasteiger partial charge in [-0.15, -0.1) is 0 Å². The number of aromatic nitrogens is 4. The van der Waals surface area contributed by atoms with Gasteiger partial charge in [0, 0.05) is 6.26 Å². The number of nitrogens with zero attached hydrogens (tertiary/aromatic N) is 4. The molecule has 0 unspecified atom stereocenters. The van der Waals surface area contributed by atoms with Crippen LogP contribution in [-0.4, -0.2) is 34.9 Å². The Morgan fingerprint density at radius 3 is 2.62 bits per heavy atom. The maximum absolute atomic E-state index is 13.4. The van der Waals surface area contributed by atoms with E-state index in [4.69, 9.17) is 0 Å². The molecule has 0 saturated carbocycles. The van der Waals surface area contributed by atoms with Gasteiger partial charge in [-0.05, 0) is 22.6 Å². The highest BCUT2D eigenvalue weighted by molar-refractivity contribution is 7.90. The molecule has 1 aromatic carbocycles. The van der Waals surface area contributed by atoms with Crippen LogP contribution in [0.1, 0.15) is 0 Å². The smallest absolute Gasteiger partial charge is 0.221 e. The Morgan fingerprint density at radius 2 is 2.00 bits per heavy atom. The lowest BCUT2D eigenvalue weighted by Crippen LogP contribution is -2.10. The third-order valence-electron chi connectivity index (χ3n) is 1.85. The normalized spacial score (nSPS) is 11.6. The molecule has 1 heterocycles. The molecule has 0 radical (unpaired) electrons. The first kappa shape index (κ1) is 10.7. The molecule has 0 N–H and O–H groups in total. The van der Waals surface area contributed by atoms with Crippen molar-refractivity contribution in [1.29, 1.82) is 0 Å². The van der Waals surface area contributed by atoms with Crippen molar-refractivity contribution < 1.29 is 12.8 Å². The van der Waals surface area contributed by atoms with Gasteiger partial charge in [0.25, 0.3) is 5.16 Å². The van der Waals surface area contributed by atoms with E-state index in [0.717, 1.165) is 10.9 Å². The summed E-state index contributed by atoms with van der Waals surface area (Å²) in [5, 5.41) is 9.63. The second-order valence-electron chi connectivity index (χ2n) is 3.10. The third kappa shape index (κ3) is 1.78. The molecule has 0 spiro atoms. The molecule has 0 aliphatic carbocycles. The van der Waals surface area contributed by atoms with Crippen LogP contribution in [0.5, 0.6) is 0 Å². The summed E-state index contributed by atoms with van der Waals surface area (Å²) in [7, 11) is -3.59. The highest BCUT2D eigenvalue weighted by Crippen LogP contribution is 2.14. The Hall–Kier alpha value is -1.83. The summed E-state index contributed by atoms with van der Waals surface area (Å²) in [5.74, 6) is -0.597. The van der Waals surface area contributed by atoms with Crippen LogP contribution in [0.15, 0.2) is 29.4 Å². The van der Waals surface area contributed by atoms with Crippen molar-refractivity contribution in [1.82, 2.24) is 20.2 Å². The Balaban J connectivity index is 2.68. The Kier molecular flexibility index (Phi) is 2.43. The van der Waals surface area contributed by atoms with E-state index in [1.807, 2.05) is 0 Å². The highest BCUT2D eigenvalue weighted by Gasteiger charge is 2.20. The number of hydrogen-bond donors (Lipinski definition) is 0. The molecule has 2 aromatic rings. The Bertz CT molecular complexity index is 622. The second kappa shape index (κ2) is 3.63. The average Bonchev–Trinajstić information content (AvgIpc) is 2.66. The van der Waals surface area contributed by atoms with Gasteiger partial charge in [0.1, 0.15) is 11.5 Å². The first-order valence-electron chi connectivity index (χ1n) is 4.23. The van der Waals surface area contributed by atoms with E-state index in [0.29, 0.717) is 0 Å². The monoisotopic (exact) mass is 242 g/mol. The minimum atomic E-state index is -3.59. The van der Waals surface area contributed by atoms with Gasteiger partial charge in [-0.1, -0.05) is 17.2 Å². The van der Waals surface area contributed by atoms with E-state index in [1.54, 1.807) is 6.07 Å². The third-order valence-corrected chi connectivity index (χ3v) is 2.77. The molecule has 0 bridgehead atoms. The van der Waals surface area contributed by atoms with Gasteiger partial charge in [0.2, 0.25) is 9.84 Å². The van der Waals surface area contributed by atoms with Crippen molar-refractivity contribution in [3.05, 3.63) is 30.1 Å². The van der Waals surface area contributed by atoms with Crippen LogP contribution < -0.4 is 0 Å². The first-order valence-corrected chi connectivity index (χ1v) is 6.12. The number of sulfone groups is 1. The van der Waals surface area contributed by atoms with Gasteiger partial charge in [0.05, 0.1) is 0 Å². The maximum atomic E-state index is 13.4. The quantitative estimate of drug-likeness (QED) is 0.752. The molecule has 84 valence electrons. The van der Waals surface area contributed by atoms with E-state index < -0.39 is 20.8 Å². The molecular formula is C8H7FN4O2S. The lowest BCUT2D eigenvalue weighted by Gasteiger charge is -2.03. The van der Waals surface area contributed by atoms with Crippen LogP contribution in [0.25, 0.3) is 5.69 Å². The molecule has 0 amide bonds. The largest absolute Gasteiger partial charge is 0.272 e. The zero-order chi connectivity index (χ0) is 11.8. The molecule has 0 aliphatic rings. The van der Waals surface area contributed by atoms with Gasteiger partial charge in [0.15, 0.2) is 0 Å². The standard InChI is InChI=1S/C8H7FN4O2S/c1-16(14,15)8-10-11-12-13(8)7-5-3-2-4-6(7)9/h2-5H,1H3. The fraction of sp³-hybridized carbons (Fsp3) is 0.125. The summed E-state index contributed by atoms with van der Waals surface area (Å²) in [4.78, 5) is 0. The molecular weight excluding hydrogens is 235 g/mol. The molecule has 0 fully saturated rings. The molecule has 0 atom stereocenters. The molecule has 0 saturated heterocycles. The molecule has 0 aliphatic heterocycles. The predicted molar refractivity (Wildman–Crippen MR) is 52.2 cm³/mol. The summed E-state index contributed by atoms with van der Waals surface area (Å²) in [6, 6.07) is 5.64. The Labute approximate surface area is 90.6 Å². The minimum absolute atomic E-state index is 0.00655.